The number of hydrogen-bond acceptors (Lipinski definition) is 6. The summed E-state index contributed by atoms with van der Waals surface area (Å²) in [6.45, 7) is 0.400. The Morgan fingerprint density at radius 3 is 2.72 bits per heavy atom. The first-order valence-electron chi connectivity index (χ1n) is 8.85. The van der Waals surface area contributed by atoms with Crippen LogP contribution in [-0.2, 0) is 9.59 Å². The topological polar surface area (TPSA) is 100 Å². The van der Waals surface area contributed by atoms with E-state index in [2.05, 4.69) is 15.5 Å². The molecule has 8 heteroatoms. The second kappa shape index (κ2) is 10.2. The Morgan fingerprint density at radius 1 is 1.17 bits per heavy atom. The zero-order valence-electron chi connectivity index (χ0n) is 15.4. The van der Waals surface area contributed by atoms with E-state index in [0.717, 1.165) is 22.9 Å². The lowest BCUT2D eigenvalue weighted by atomic mass is 10.2. The normalized spacial score (nSPS) is 17.9. The van der Waals surface area contributed by atoms with E-state index in [1.807, 2.05) is 66.7 Å². The van der Waals surface area contributed by atoms with Crippen LogP contribution in [0.1, 0.15) is 17.5 Å². The predicted octanol–water partition coefficient (Wildman–Crippen LogP) is 3.18. The highest BCUT2D eigenvalue weighted by Crippen LogP contribution is 2.22. The van der Waals surface area contributed by atoms with Crippen LogP contribution in [0.3, 0.4) is 0 Å². The fourth-order valence-corrected chi connectivity index (χ4v) is 3.41. The van der Waals surface area contributed by atoms with Gasteiger partial charge < -0.3 is 15.2 Å². The summed E-state index contributed by atoms with van der Waals surface area (Å²) >= 11 is 1.06. The molecule has 148 valence electrons. The van der Waals surface area contributed by atoms with Crippen LogP contribution in [0, 0.1) is 0 Å². The molecular formula is C21H19N3O4S. The van der Waals surface area contributed by atoms with E-state index < -0.39 is 11.2 Å². The van der Waals surface area contributed by atoms with Gasteiger partial charge in [0.05, 0.1) is 12.6 Å². The maximum absolute atomic E-state index is 11.7. The largest absolute Gasteiger partial charge is 0.489 e. The van der Waals surface area contributed by atoms with Crippen molar-refractivity contribution in [1.29, 1.82) is 0 Å². The number of carboxylic acid groups (broad SMARTS) is 1. The average molecular weight is 409 g/mol. The van der Waals surface area contributed by atoms with E-state index in [4.69, 9.17) is 9.84 Å². The monoisotopic (exact) mass is 409 g/mol. The van der Waals surface area contributed by atoms with Gasteiger partial charge in [0.1, 0.15) is 17.6 Å². The van der Waals surface area contributed by atoms with Crippen molar-refractivity contribution in [2.45, 2.75) is 11.7 Å². The van der Waals surface area contributed by atoms with Crippen LogP contribution < -0.4 is 10.1 Å². The number of carbonyl (C=O) groups is 2. The van der Waals surface area contributed by atoms with Crippen LogP contribution in [0.15, 0.2) is 70.9 Å². The molecule has 0 saturated carbocycles. The van der Waals surface area contributed by atoms with E-state index in [-0.39, 0.29) is 17.5 Å². The van der Waals surface area contributed by atoms with Crippen LogP contribution in [0.4, 0.5) is 0 Å². The van der Waals surface area contributed by atoms with Gasteiger partial charge in [-0.05, 0) is 23.8 Å². The molecule has 0 spiro atoms. The number of amidine groups is 1. The van der Waals surface area contributed by atoms with E-state index in [0.29, 0.717) is 12.4 Å². The number of rotatable bonds is 8. The maximum Gasteiger partial charge on any atom is 0.305 e. The lowest BCUT2D eigenvalue weighted by Gasteiger charge is -2.06. The zero-order chi connectivity index (χ0) is 20.5. The molecule has 1 aliphatic rings. The molecule has 1 unspecified atom stereocenters. The fraction of sp³-hybridized carbons (Fsp3) is 0.143. The van der Waals surface area contributed by atoms with Gasteiger partial charge in [-0.15, -0.1) is 5.10 Å². The van der Waals surface area contributed by atoms with Crippen molar-refractivity contribution < 1.29 is 19.4 Å². The van der Waals surface area contributed by atoms with Crippen molar-refractivity contribution in [2.24, 2.45) is 10.2 Å². The maximum atomic E-state index is 11.7. The van der Waals surface area contributed by atoms with Crippen LogP contribution >= 0.6 is 11.8 Å². The third-order valence-electron chi connectivity index (χ3n) is 3.85. The number of aliphatic carboxylic acids is 1. The summed E-state index contributed by atoms with van der Waals surface area (Å²) < 4.78 is 5.79. The van der Waals surface area contributed by atoms with Gasteiger partial charge >= 0.3 is 5.97 Å². The molecule has 1 saturated heterocycles. The van der Waals surface area contributed by atoms with Crippen molar-refractivity contribution in [1.82, 2.24) is 5.32 Å². The summed E-state index contributed by atoms with van der Waals surface area (Å²) in [5, 5.41) is 18.9. The van der Waals surface area contributed by atoms with Gasteiger partial charge in [-0.1, -0.05) is 60.3 Å². The first kappa shape index (κ1) is 20.3. The lowest BCUT2D eigenvalue weighted by molar-refractivity contribution is -0.138. The van der Waals surface area contributed by atoms with Gasteiger partial charge in [0, 0.05) is 5.56 Å². The summed E-state index contributed by atoms with van der Waals surface area (Å²) in [5.41, 5.74) is 1.83. The quantitative estimate of drug-likeness (QED) is 0.515. The molecule has 29 heavy (non-hydrogen) atoms. The number of nitrogens with zero attached hydrogens (tertiary/aromatic N) is 2. The first-order chi connectivity index (χ1) is 14.1. The smallest absolute Gasteiger partial charge is 0.305 e. The van der Waals surface area contributed by atoms with Crippen LogP contribution in [0.25, 0.3) is 6.08 Å². The predicted molar refractivity (Wildman–Crippen MR) is 114 cm³/mol. The molecule has 7 nitrogen and oxygen atoms in total. The molecule has 0 aromatic heterocycles. The van der Waals surface area contributed by atoms with Crippen molar-refractivity contribution >= 4 is 41.1 Å². The first-order valence-corrected chi connectivity index (χ1v) is 9.73. The average Bonchev–Trinajstić information content (AvgIpc) is 3.05. The Morgan fingerprint density at radius 2 is 1.93 bits per heavy atom. The molecule has 0 radical (unpaired) electrons. The number of hydrogen-bond donors (Lipinski definition) is 2. The third kappa shape index (κ3) is 6.32. The number of thioether (sulfide) groups is 1. The van der Waals surface area contributed by atoms with Gasteiger partial charge in [-0.25, -0.2) is 0 Å². The minimum absolute atomic E-state index is 0.258. The summed E-state index contributed by atoms with van der Waals surface area (Å²) in [6, 6.07) is 17.3. The van der Waals surface area contributed by atoms with Gasteiger partial charge in [-0.3, -0.25) is 9.59 Å². The highest BCUT2D eigenvalue weighted by Gasteiger charge is 2.32. The number of para-hydroxylation sites is 1. The van der Waals surface area contributed by atoms with Crippen molar-refractivity contribution in [3.8, 4) is 5.75 Å². The summed E-state index contributed by atoms with van der Waals surface area (Å²) in [7, 11) is 0. The molecular weight excluding hydrogens is 390 g/mol. The third-order valence-corrected chi connectivity index (χ3v) is 4.92. The molecule has 3 rings (SSSR count). The molecule has 2 N–H and O–H groups in total. The highest BCUT2D eigenvalue weighted by atomic mass is 32.2. The molecule has 1 aliphatic heterocycles. The van der Waals surface area contributed by atoms with Crippen molar-refractivity contribution in [3.63, 3.8) is 0 Å². The molecule has 2 aromatic rings. The van der Waals surface area contributed by atoms with E-state index >= 15 is 0 Å². The number of benzene rings is 2. The number of ether oxygens (including phenoxy) is 1. The van der Waals surface area contributed by atoms with Crippen molar-refractivity contribution in [2.75, 3.05) is 6.61 Å². The fourth-order valence-electron chi connectivity index (χ4n) is 2.49. The summed E-state index contributed by atoms with van der Waals surface area (Å²) in [5.74, 6) is -0.754. The van der Waals surface area contributed by atoms with E-state index in [1.165, 1.54) is 6.21 Å². The van der Waals surface area contributed by atoms with Gasteiger partial charge in [-0.2, -0.15) is 5.10 Å². The Labute approximate surface area is 172 Å². The Balaban J connectivity index is 1.58. The second-order valence-corrected chi connectivity index (χ2v) is 7.20. The van der Waals surface area contributed by atoms with Crippen LogP contribution in [0.5, 0.6) is 5.75 Å². The summed E-state index contributed by atoms with van der Waals surface area (Å²) in [6.07, 6.45) is 5.18. The van der Waals surface area contributed by atoms with Gasteiger partial charge in [0.25, 0.3) is 0 Å². The molecule has 1 fully saturated rings. The number of carbonyl (C=O) groups excluding carboxylic acids is 1. The molecule has 0 bridgehead atoms. The number of amides is 1. The molecule has 1 atom stereocenters. The van der Waals surface area contributed by atoms with Crippen LogP contribution in [0.2, 0.25) is 0 Å². The highest BCUT2D eigenvalue weighted by molar-refractivity contribution is 8.15. The molecule has 2 aromatic carbocycles. The Bertz CT molecular complexity index is 957. The van der Waals surface area contributed by atoms with Gasteiger partial charge in [0.15, 0.2) is 5.17 Å². The molecule has 1 amide bonds. The lowest BCUT2D eigenvalue weighted by Crippen LogP contribution is -2.26. The van der Waals surface area contributed by atoms with E-state index in [9.17, 15) is 9.59 Å². The van der Waals surface area contributed by atoms with Crippen molar-refractivity contribution in [3.05, 3.63) is 71.8 Å². The number of nitrogens with one attached hydrogen (secondary N) is 1. The zero-order valence-corrected chi connectivity index (χ0v) is 16.2. The standard InChI is InChI=1S/C21H19N3O4S/c25-19(26)13-18-20(27)23-21(29-18)24-22-14-16-10-4-5-11-17(16)28-12-6-9-15-7-2-1-3-8-15/h1-11,14,18H,12-13H2,(H,25,26)(H,23,24,27). The molecule has 0 aliphatic carbocycles. The number of carboxylic acids is 1. The SMILES string of the molecule is O=C(O)CC1SC(=NN=Cc2ccccc2OCC=Cc2ccccc2)NC1=O. The van der Waals surface area contributed by atoms with E-state index in [1.54, 1.807) is 0 Å². The Hall–Kier alpha value is -3.39. The molecule has 1 heterocycles. The Kier molecular flexibility index (Phi) is 7.18. The second-order valence-electron chi connectivity index (χ2n) is 6.01. The van der Waals surface area contributed by atoms with Gasteiger partial charge in [0.2, 0.25) is 5.91 Å². The van der Waals surface area contributed by atoms with Crippen LogP contribution in [-0.4, -0.2) is 40.2 Å². The summed E-state index contributed by atoms with van der Waals surface area (Å²) in [4.78, 5) is 22.5. The minimum Gasteiger partial charge on any atom is -0.489 e. The minimum atomic E-state index is -1.03.